The van der Waals surface area contributed by atoms with E-state index in [2.05, 4.69) is 136 Å². The number of thiazole rings is 3. The highest BCUT2D eigenvalue weighted by atomic mass is 32.1. The van der Waals surface area contributed by atoms with Crippen molar-refractivity contribution in [1.82, 2.24) is 25.6 Å². The molecule has 0 saturated heterocycles. The van der Waals surface area contributed by atoms with E-state index in [4.69, 9.17) is 0 Å². The maximum absolute atomic E-state index is 11.9. The Morgan fingerprint density at radius 3 is 1.29 bits per heavy atom. The lowest BCUT2D eigenvalue weighted by atomic mass is 9.78. The lowest BCUT2D eigenvalue weighted by Crippen LogP contribution is -2.48. The smallest absolute Gasteiger partial charge is 0.263 e. The molecule has 2 amide bonds. The Morgan fingerprint density at radius 1 is 0.527 bits per heavy atom. The fraction of sp³-hybridized carbons (Fsp3) is 0.727. The minimum absolute atomic E-state index is 0.0330. The molecule has 0 bridgehead atoms. The highest BCUT2D eigenvalue weighted by Gasteiger charge is 2.35. The molecule has 3 aromatic rings. The van der Waals surface area contributed by atoms with Crippen LogP contribution in [0.25, 0.3) is 0 Å². The van der Waals surface area contributed by atoms with Gasteiger partial charge in [0.15, 0.2) is 5.78 Å². The van der Waals surface area contributed by atoms with Crippen molar-refractivity contribution in [2.75, 3.05) is 6.54 Å². The van der Waals surface area contributed by atoms with E-state index < -0.39 is 0 Å². The van der Waals surface area contributed by atoms with E-state index in [1.165, 1.54) is 30.6 Å². The van der Waals surface area contributed by atoms with Gasteiger partial charge in [-0.3, -0.25) is 14.4 Å². The number of carbonyl (C=O) groups excluding carboxylic acids is 3. The Morgan fingerprint density at radius 2 is 0.873 bits per heavy atom. The third kappa shape index (κ3) is 16.1. The van der Waals surface area contributed by atoms with Crippen molar-refractivity contribution in [2.45, 2.75) is 193 Å². The fourth-order valence-electron chi connectivity index (χ4n) is 5.56. The molecule has 55 heavy (non-hydrogen) atoms. The van der Waals surface area contributed by atoms with Gasteiger partial charge in [0.05, 0.1) is 37.0 Å². The summed E-state index contributed by atoms with van der Waals surface area (Å²) >= 11 is 4.66. The first-order valence-corrected chi connectivity index (χ1v) is 23.0. The number of nitrogens with zero attached hydrogens (tertiary/aromatic N) is 3. The second-order valence-electron chi connectivity index (χ2n) is 18.0. The minimum atomic E-state index is -0.160. The van der Waals surface area contributed by atoms with Crippen LogP contribution in [-0.4, -0.2) is 44.6 Å². The Labute approximate surface area is 346 Å². The van der Waals surface area contributed by atoms with Gasteiger partial charge in [0, 0.05) is 42.7 Å². The van der Waals surface area contributed by atoms with Crippen molar-refractivity contribution in [1.29, 1.82) is 0 Å². The molecule has 0 aromatic carbocycles. The number of nitrogens with one attached hydrogen (secondary N) is 2. The molecule has 312 valence electrons. The zero-order valence-corrected chi connectivity index (χ0v) is 40.1. The summed E-state index contributed by atoms with van der Waals surface area (Å²) in [6, 6.07) is 0. The summed E-state index contributed by atoms with van der Waals surface area (Å²) in [4.78, 5) is 51.9. The van der Waals surface area contributed by atoms with Crippen LogP contribution >= 0.6 is 34.0 Å². The largest absolute Gasteiger partial charge is 0.351 e. The molecule has 2 aliphatic heterocycles. The molecule has 0 radical (unpaired) electrons. The maximum atomic E-state index is 11.9. The van der Waals surface area contributed by atoms with Gasteiger partial charge in [-0.15, -0.1) is 34.0 Å². The third-order valence-electron chi connectivity index (χ3n) is 8.01. The van der Waals surface area contributed by atoms with Gasteiger partial charge in [0.2, 0.25) is 0 Å². The van der Waals surface area contributed by atoms with Gasteiger partial charge < -0.3 is 10.6 Å². The van der Waals surface area contributed by atoms with Gasteiger partial charge in [-0.2, -0.15) is 0 Å². The van der Waals surface area contributed by atoms with E-state index in [9.17, 15) is 14.4 Å². The van der Waals surface area contributed by atoms with Crippen LogP contribution in [0.2, 0.25) is 0 Å². The van der Waals surface area contributed by atoms with Crippen molar-refractivity contribution >= 4 is 51.6 Å². The van der Waals surface area contributed by atoms with Crippen LogP contribution in [0.4, 0.5) is 0 Å². The molecule has 6 rings (SSSR count). The average Bonchev–Trinajstić information content (AvgIpc) is 3.77. The second kappa shape index (κ2) is 22.4. The van der Waals surface area contributed by atoms with Crippen LogP contribution in [-0.2, 0) is 19.3 Å². The number of aromatic nitrogens is 3. The summed E-state index contributed by atoms with van der Waals surface area (Å²) in [5, 5.41) is 9.20. The number of rotatable bonds is 3. The van der Waals surface area contributed by atoms with Gasteiger partial charge in [0.1, 0.15) is 9.75 Å². The number of ketones is 1. The van der Waals surface area contributed by atoms with E-state index in [1.54, 1.807) is 22.7 Å². The van der Waals surface area contributed by atoms with Gasteiger partial charge in [-0.25, -0.2) is 15.0 Å². The van der Waals surface area contributed by atoms with Gasteiger partial charge in [-0.05, 0) is 37.5 Å². The van der Waals surface area contributed by atoms with Crippen molar-refractivity contribution in [2.24, 2.45) is 10.8 Å². The molecule has 2 N–H and O–H groups in total. The topological polar surface area (TPSA) is 114 Å². The molecule has 5 heterocycles. The summed E-state index contributed by atoms with van der Waals surface area (Å²) < 4.78 is 0. The second-order valence-corrected chi connectivity index (χ2v) is 21.1. The predicted octanol–water partition coefficient (Wildman–Crippen LogP) is 12.6. The molecule has 8 nitrogen and oxygen atoms in total. The number of Topliss-reactive ketones (excluding diaryl/α,β-unsaturated/α-hetero) is 1. The average molecular weight is 818 g/mol. The molecule has 3 aromatic heterocycles. The van der Waals surface area contributed by atoms with E-state index in [0.717, 1.165) is 72.5 Å². The minimum Gasteiger partial charge on any atom is -0.351 e. The summed E-state index contributed by atoms with van der Waals surface area (Å²) in [7, 11) is 0. The van der Waals surface area contributed by atoms with Gasteiger partial charge in [-0.1, -0.05) is 130 Å². The molecule has 0 atom stereocenters. The molecule has 0 saturated carbocycles. The molecule has 0 unspecified atom stereocenters. The Bertz CT molecular complexity index is 1580. The number of hydrogen-bond donors (Lipinski definition) is 2. The summed E-state index contributed by atoms with van der Waals surface area (Å²) in [6.07, 6.45) is 7.07. The van der Waals surface area contributed by atoms with E-state index in [-0.39, 0.29) is 34.0 Å². The van der Waals surface area contributed by atoms with Crippen LogP contribution < -0.4 is 10.6 Å². The zero-order valence-electron chi connectivity index (χ0n) is 37.7. The number of amides is 2. The van der Waals surface area contributed by atoms with Crippen molar-refractivity contribution < 1.29 is 14.4 Å². The number of fused-ring (bicyclic) bond motifs is 3. The highest BCUT2D eigenvalue weighted by Crippen LogP contribution is 2.38. The van der Waals surface area contributed by atoms with Gasteiger partial charge >= 0.3 is 0 Å². The molecular formula is C44H75N5O3S3. The quantitative estimate of drug-likeness (QED) is 0.272. The Kier molecular flexibility index (Phi) is 20.6. The van der Waals surface area contributed by atoms with Crippen LogP contribution in [0.15, 0.2) is 0 Å². The molecule has 1 aliphatic carbocycles. The first kappa shape index (κ1) is 50.5. The van der Waals surface area contributed by atoms with E-state index in [1.807, 2.05) is 13.8 Å². The summed E-state index contributed by atoms with van der Waals surface area (Å²) in [5.74, 6) is 1.59. The lowest BCUT2D eigenvalue weighted by Gasteiger charge is -2.29. The summed E-state index contributed by atoms with van der Waals surface area (Å²) in [6.45, 7) is 38.8. The fourth-order valence-corrected chi connectivity index (χ4v) is 8.56. The molecule has 3 aliphatic rings. The zero-order chi connectivity index (χ0) is 42.5. The van der Waals surface area contributed by atoms with E-state index in [0.29, 0.717) is 24.2 Å². The monoisotopic (exact) mass is 818 g/mol. The highest BCUT2D eigenvalue weighted by molar-refractivity contribution is 7.14. The number of carbonyl (C=O) groups is 3. The van der Waals surface area contributed by atoms with Crippen LogP contribution in [0, 0.1) is 10.8 Å². The van der Waals surface area contributed by atoms with Crippen molar-refractivity contribution in [3.63, 3.8) is 0 Å². The molecule has 0 spiro atoms. The molecule has 0 fully saturated rings. The normalized spacial score (nSPS) is 17.0. The van der Waals surface area contributed by atoms with Crippen LogP contribution in [0.5, 0.6) is 0 Å². The van der Waals surface area contributed by atoms with Crippen molar-refractivity contribution in [3.05, 3.63) is 46.7 Å². The Hall–Kier alpha value is -2.50. The molecule has 11 heteroatoms. The van der Waals surface area contributed by atoms with Crippen molar-refractivity contribution in [3.8, 4) is 0 Å². The predicted molar refractivity (Wildman–Crippen MR) is 238 cm³/mol. The van der Waals surface area contributed by atoms with Crippen LogP contribution in [0.1, 0.15) is 229 Å². The summed E-state index contributed by atoms with van der Waals surface area (Å²) in [5.41, 5.74) is 3.01. The first-order chi connectivity index (χ1) is 25.4. The number of hydrogen-bond acceptors (Lipinski definition) is 9. The maximum Gasteiger partial charge on any atom is 0.263 e. The van der Waals surface area contributed by atoms with Gasteiger partial charge in [0.25, 0.3) is 11.8 Å². The lowest BCUT2D eigenvalue weighted by molar-refractivity contribution is 0.0895. The standard InChI is InChI=1S/C12H18N2OS.C12H17NOS.C11H16N2OS.3C3H8/c1-7(2)11-14-8-5-12(3,4)6-13-10(15)9(8)16-11;1-7(2)11-13-8-5-12(3,4)6-9(14)10(8)15-11;1-6(2)10-12-7-5-11(3,4)13-9(14)8(7)15-10;3*1-3-2/h7H,5-6H2,1-4H3,(H,13,15);7H,5-6H2,1-4H3;6H,5H2,1-4H3,(H,13,14);3*3H2,1-2H3. The third-order valence-corrected chi connectivity index (χ3v) is 12.2. The molecular weight excluding hydrogens is 743 g/mol. The van der Waals surface area contributed by atoms with E-state index >= 15 is 0 Å². The van der Waals surface area contributed by atoms with Crippen LogP contribution in [0.3, 0.4) is 0 Å². The first-order valence-electron chi connectivity index (χ1n) is 20.5. The SMILES string of the molecule is CC(C)c1nc2c(s1)C(=O)CC(C)(C)C2.CC(C)c1nc2c(s1)C(=O)NC(C)(C)C2.CC(C)c1nc2c(s1)C(=O)NCC(C)(C)C2.CCC.CCC.CCC. The Balaban J connectivity index is 0.000000372.